The standard InChI is InChI=1S/C17H18N2O2S/c1-12(20-2)13-5-3-6-14(9-13)18-11-17-19-10-15(21-17)16-7-4-8-22-16/h3-10,12,18H,11H2,1-2H3/t12-/m1/s1. The number of aromatic nitrogens is 1. The monoisotopic (exact) mass is 314 g/mol. The largest absolute Gasteiger partial charge is 0.438 e. The second-order valence-electron chi connectivity index (χ2n) is 4.95. The van der Waals surface area contributed by atoms with Crippen molar-refractivity contribution in [2.45, 2.75) is 19.6 Å². The van der Waals surface area contributed by atoms with Gasteiger partial charge in [0.1, 0.15) is 0 Å². The number of benzene rings is 1. The van der Waals surface area contributed by atoms with Crippen LogP contribution in [0.2, 0.25) is 0 Å². The predicted molar refractivity (Wildman–Crippen MR) is 89.0 cm³/mol. The summed E-state index contributed by atoms with van der Waals surface area (Å²) in [5.41, 5.74) is 2.16. The maximum Gasteiger partial charge on any atom is 0.214 e. The van der Waals surface area contributed by atoms with Crippen molar-refractivity contribution in [2.75, 3.05) is 12.4 Å². The van der Waals surface area contributed by atoms with E-state index < -0.39 is 0 Å². The zero-order valence-electron chi connectivity index (χ0n) is 12.6. The van der Waals surface area contributed by atoms with E-state index in [1.165, 1.54) is 0 Å². The zero-order valence-corrected chi connectivity index (χ0v) is 13.4. The summed E-state index contributed by atoms with van der Waals surface area (Å²) >= 11 is 1.64. The van der Waals surface area contributed by atoms with Crippen LogP contribution >= 0.6 is 11.3 Å². The number of nitrogens with one attached hydrogen (secondary N) is 1. The van der Waals surface area contributed by atoms with Gasteiger partial charge in [-0.05, 0) is 36.1 Å². The maximum atomic E-state index is 5.76. The molecule has 3 rings (SSSR count). The highest BCUT2D eigenvalue weighted by Gasteiger charge is 2.08. The normalized spacial score (nSPS) is 12.3. The van der Waals surface area contributed by atoms with Gasteiger partial charge in [0.25, 0.3) is 0 Å². The van der Waals surface area contributed by atoms with Gasteiger partial charge < -0.3 is 14.5 Å². The van der Waals surface area contributed by atoms with Gasteiger partial charge in [0.05, 0.1) is 23.7 Å². The topological polar surface area (TPSA) is 47.3 Å². The van der Waals surface area contributed by atoms with E-state index in [2.05, 4.69) is 22.4 Å². The summed E-state index contributed by atoms with van der Waals surface area (Å²) in [5.74, 6) is 1.49. The number of rotatable bonds is 6. The average Bonchev–Trinajstić information content (AvgIpc) is 3.23. The first-order valence-corrected chi connectivity index (χ1v) is 7.99. The molecular formula is C17H18N2O2S. The van der Waals surface area contributed by atoms with Crippen molar-refractivity contribution in [1.82, 2.24) is 4.98 Å². The zero-order chi connectivity index (χ0) is 15.4. The summed E-state index contributed by atoms with van der Waals surface area (Å²) in [6.07, 6.45) is 1.85. The number of thiophene rings is 1. The first-order chi connectivity index (χ1) is 10.8. The number of hydrogen-bond donors (Lipinski definition) is 1. The van der Waals surface area contributed by atoms with Crippen LogP contribution in [0.15, 0.2) is 52.4 Å². The summed E-state index contributed by atoms with van der Waals surface area (Å²) < 4.78 is 11.1. The third kappa shape index (κ3) is 3.37. The van der Waals surface area contributed by atoms with Gasteiger partial charge >= 0.3 is 0 Å². The van der Waals surface area contributed by atoms with Crippen LogP contribution in [0.4, 0.5) is 5.69 Å². The fraction of sp³-hybridized carbons (Fsp3) is 0.235. The molecule has 2 heterocycles. The molecule has 0 bridgehead atoms. The number of methoxy groups -OCH3 is 1. The first-order valence-electron chi connectivity index (χ1n) is 7.11. The van der Waals surface area contributed by atoms with Crippen molar-refractivity contribution in [1.29, 1.82) is 0 Å². The molecular weight excluding hydrogens is 296 g/mol. The second kappa shape index (κ2) is 6.77. The molecule has 22 heavy (non-hydrogen) atoms. The molecule has 1 aromatic carbocycles. The Balaban J connectivity index is 1.65. The summed E-state index contributed by atoms with van der Waals surface area (Å²) in [7, 11) is 1.71. The van der Waals surface area contributed by atoms with Crippen LogP contribution in [0.3, 0.4) is 0 Å². The lowest BCUT2D eigenvalue weighted by molar-refractivity contribution is 0.119. The fourth-order valence-corrected chi connectivity index (χ4v) is 2.81. The van der Waals surface area contributed by atoms with E-state index in [0.29, 0.717) is 12.4 Å². The number of ether oxygens (including phenoxy) is 1. The molecule has 0 saturated heterocycles. The van der Waals surface area contributed by atoms with Crippen molar-refractivity contribution in [3.8, 4) is 10.6 Å². The Hall–Kier alpha value is -2.11. The van der Waals surface area contributed by atoms with E-state index in [1.54, 1.807) is 24.6 Å². The second-order valence-corrected chi connectivity index (χ2v) is 5.90. The van der Waals surface area contributed by atoms with Gasteiger partial charge in [0.15, 0.2) is 5.76 Å². The molecule has 4 nitrogen and oxygen atoms in total. The highest BCUT2D eigenvalue weighted by atomic mass is 32.1. The molecule has 0 radical (unpaired) electrons. The molecule has 0 amide bonds. The van der Waals surface area contributed by atoms with E-state index >= 15 is 0 Å². The molecule has 114 valence electrons. The molecule has 3 aromatic rings. The summed E-state index contributed by atoms with van der Waals surface area (Å²) in [5, 5.41) is 5.36. The molecule has 0 aliphatic carbocycles. The smallest absolute Gasteiger partial charge is 0.214 e. The maximum absolute atomic E-state index is 5.76. The van der Waals surface area contributed by atoms with E-state index in [-0.39, 0.29) is 6.10 Å². The molecule has 1 atom stereocenters. The Labute approximate surface area is 133 Å². The number of nitrogens with zero attached hydrogens (tertiary/aromatic N) is 1. The lowest BCUT2D eigenvalue weighted by Gasteiger charge is -2.11. The summed E-state index contributed by atoms with van der Waals surface area (Å²) in [4.78, 5) is 5.41. The summed E-state index contributed by atoms with van der Waals surface area (Å²) in [6, 6.07) is 12.2. The Morgan fingerprint density at radius 1 is 1.32 bits per heavy atom. The molecule has 0 unspecified atom stereocenters. The van der Waals surface area contributed by atoms with Crippen LogP contribution < -0.4 is 5.32 Å². The number of oxazole rings is 1. The third-order valence-corrected chi connectivity index (χ3v) is 4.36. The van der Waals surface area contributed by atoms with E-state index in [4.69, 9.17) is 9.15 Å². The van der Waals surface area contributed by atoms with Crippen molar-refractivity contribution < 1.29 is 9.15 Å². The van der Waals surface area contributed by atoms with E-state index in [0.717, 1.165) is 21.9 Å². The lowest BCUT2D eigenvalue weighted by atomic mass is 10.1. The van der Waals surface area contributed by atoms with Crippen molar-refractivity contribution in [2.24, 2.45) is 0 Å². The first kappa shape index (κ1) is 14.8. The average molecular weight is 314 g/mol. The number of anilines is 1. The van der Waals surface area contributed by atoms with Crippen molar-refractivity contribution >= 4 is 17.0 Å². The van der Waals surface area contributed by atoms with Gasteiger partial charge in [-0.3, -0.25) is 0 Å². The van der Waals surface area contributed by atoms with Crippen LogP contribution in [0.1, 0.15) is 24.5 Å². The lowest BCUT2D eigenvalue weighted by Crippen LogP contribution is -2.01. The molecule has 0 saturated carbocycles. The fourth-order valence-electron chi connectivity index (χ4n) is 2.14. The van der Waals surface area contributed by atoms with Gasteiger partial charge in [-0.2, -0.15) is 0 Å². The Morgan fingerprint density at radius 3 is 3.00 bits per heavy atom. The highest BCUT2D eigenvalue weighted by Crippen LogP contribution is 2.25. The quantitative estimate of drug-likeness (QED) is 0.715. The Kier molecular flexibility index (Phi) is 4.56. The van der Waals surface area contributed by atoms with Crippen LogP contribution in [-0.4, -0.2) is 12.1 Å². The van der Waals surface area contributed by atoms with Crippen LogP contribution in [0.25, 0.3) is 10.6 Å². The molecule has 0 spiro atoms. The number of hydrogen-bond acceptors (Lipinski definition) is 5. The minimum absolute atomic E-state index is 0.0777. The van der Waals surface area contributed by atoms with Gasteiger partial charge in [-0.15, -0.1) is 11.3 Å². The third-order valence-electron chi connectivity index (χ3n) is 3.47. The van der Waals surface area contributed by atoms with Gasteiger partial charge in [0.2, 0.25) is 5.89 Å². The Bertz CT molecular complexity index is 722. The molecule has 0 aliphatic heterocycles. The molecule has 2 aromatic heterocycles. The van der Waals surface area contributed by atoms with Crippen LogP contribution in [-0.2, 0) is 11.3 Å². The van der Waals surface area contributed by atoms with Crippen LogP contribution in [0.5, 0.6) is 0 Å². The Morgan fingerprint density at radius 2 is 2.23 bits per heavy atom. The molecule has 1 N–H and O–H groups in total. The van der Waals surface area contributed by atoms with Crippen molar-refractivity contribution in [3.05, 3.63) is 59.4 Å². The molecule has 0 fully saturated rings. The van der Waals surface area contributed by atoms with Gasteiger partial charge in [0, 0.05) is 12.8 Å². The molecule has 5 heteroatoms. The van der Waals surface area contributed by atoms with Gasteiger partial charge in [-0.25, -0.2) is 4.98 Å². The van der Waals surface area contributed by atoms with Gasteiger partial charge in [-0.1, -0.05) is 18.2 Å². The highest BCUT2D eigenvalue weighted by molar-refractivity contribution is 7.13. The van der Waals surface area contributed by atoms with E-state index in [1.807, 2.05) is 36.6 Å². The molecule has 0 aliphatic rings. The van der Waals surface area contributed by atoms with Crippen LogP contribution in [0, 0.1) is 0 Å². The minimum atomic E-state index is 0.0777. The van der Waals surface area contributed by atoms with E-state index in [9.17, 15) is 0 Å². The predicted octanol–water partition coefficient (Wildman–Crippen LogP) is 4.72. The summed E-state index contributed by atoms with van der Waals surface area (Å²) in [6.45, 7) is 2.58. The van der Waals surface area contributed by atoms with Crippen molar-refractivity contribution in [3.63, 3.8) is 0 Å². The SMILES string of the molecule is CO[C@H](C)c1cccc(NCc2ncc(-c3cccs3)o2)c1. The minimum Gasteiger partial charge on any atom is -0.438 e.